The van der Waals surface area contributed by atoms with E-state index in [0.717, 1.165) is 64.7 Å². The molecule has 2 heterocycles. The Bertz CT molecular complexity index is 338. The molecule has 2 saturated heterocycles. The van der Waals surface area contributed by atoms with Gasteiger partial charge in [-0.05, 0) is 26.4 Å². The average molecular weight is 426 g/mol. The van der Waals surface area contributed by atoms with Crippen LogP contribution in [0.4, 0.5) is 0 Å². The summed E-state index contributed by atoms with van der Waals surface area (Å²) in [5, 5.41) is 3.45. The number of halogens is 1. The summed E-state index contributed by atoms with van der Waals surface area (Å²) in [6, 6.07) is 0. The van der Waals surface area contributed by atoms with Gasteiger partial charge in [0, 0.05) is 39.8 Å². The predicted molar refractivity (Wildman–Crippen MR) is 100 cm³/mol. The molecule has 2 rings (SSSR count). The van der Waals surface area contributed by atoms with Gasteiger partial charge in [-0.1, -0.05) is 6.92 Å². The third-order valence-corrected chi connectivity index (χ3v) is 4.30. The fourth-order valence-corrected chi connectivity index (χ4v) is 2.84. The van der Waals surface area contributed by atoms with E-state index in [9.17, 15) is 0 Å². The van der Waals surface area contributed by atoms with E-state index in [-0.39, 0.29) is 36.2 Å². The lowest BCUT2D eigenvalue weighted by Gasteiger charge is -2.37. The number of morpholine rings is 1. The predicted octanol–water partition coefficient (Wildman–Crippen LogP) is 1.01. The Kier molecular flexibility index (Phi) is 9.62. The maximum Gasteiger partial charge on any atom is 0.193 e. The lowest BCUT2D eigenvalue weighted by molar-refractivity contribution is -0.0816. The minimum absolute atomic E-state index is 0. The Labute approximate surface area is 151 Å². The van der Waals surface area contributed by atoms with Gasteiger partial charge in [0.2, 0.25) is 0 Å². The number of rotatable bonds is 5. The number of hydrogen-bond acceptors (Lipinski definition) is 4. The third kappa shape index (κ3) is 5.82. The van der Waals surface area contributed by atoms with Gasteiger partial charge in [0.1, 0.15) is 6.10 Å². The van der Waals surface area contributed by atoms with Gasteiger partial charge in [-0.2, -0.15) is 0 Å². The fraction of sp³-hybridized carbons (Fsp3) is 0.933. The molecule has 0 radical (unpaired) electrons. The van der Waals surface area contributed by atoms with Crippen LogP contribution in [-0.4, -0.2) is 88.0 Å². The molecule has 2 unspecified atom stereocenters. The van der Waals surface area contributed by atoms with Crippen LogP contribution in [0.15, 0.2) is 4.99 Å². The normalized spacial score (nSPS) is 26.2. The van der Waals surface area contributed by atoms with Gasteiger partial charge >= 0.3 is 0 Å². The van der Waals surface area contributed by atoms with Crippen LogP contribution in [0.3, 0.4) is 0 Å². The molecule has 2 atom stereocenters. The maximum atomic E-state index is 5.89. The second kappa shape index (κ2) is 10.6. The first kappa shape index (κ1) is 19.9. The van der Waals surface area contributed by atoms with Crippen molar-refractivity contribution in [3.8, 4) is 0 Å². The summed E-state index contributed by atoms with van der Waals surface area (Å²) in [6.07, 6.45) is 2.71. The minimum Gasteiger partial charge on any atom is -0.375 e. The first-order valence-electron chi connectivity index (χ1n) is 8.12. The van der Waals surface area contributed by atoms with E-state index in [1.807, 2.05) is 7.05 Å². The zero-order chi connectivity index (χ0) is 15.1. The van der Waals surface area contributed by atoms with Crippen molar-refractivity contribution in [1.82, 2.24) is 15.1 Å². The smallest absolute Gasteiger partial charge is 0.193 e. The van der Waals surface area contributed by atoms with Crippen LogP contribution in [0.1, 0.15) is 19.8 Å². The van der Waals surface area contributed by atoms with Crippen molar-refractivity contribution in [2.75, 3.05) is 60.0 Å². The molecule has 130 valence electrons. The van der Waals surface area contributed by atoms with E-state index in [0.29, 0.717) is 0 Å². The second-order valence-corrected chi connectivity index (χ2v) is 5.78. The van der Waals surface area contributed by atoms with Crippen LogP contribution >= 0.6 is 24.0 Å². The molecular weight excluding hydrogens is 395 g/mol. The van der Waals surface area contributed by atoms with Crippen molar-refractivity contribution in [2.45, 2.75) is 32.0 Å². The van der Waals surface area contributed by atoms with Crippen molar-refractivity contribution < 1.29 is 9.47 Å². The molecule has 0 spiro atoms. The second-order valence-electron chi connectivity index (χ2n) is 5.78. The molecule has 7 heteroatoms. The summed E-state index contributed by atoms with van der Waals surface area (Å²) in [5.74, 6) is 0.978. The van der Waals surface area contributed by atoms with Gasteiger partial charge in [-0.25, -0.2) is 0 Å². The van der Waals surface area contributed by atoms with Gasteiger partial charge in [-0.3, -0.25) is 4.99 Å². The summed E-state index contributed by atoms with van der Waals surface area (Å²) >= 11 is 0. The Hall–Kier alpha value is -0.120. The van der Waals surface area contributed by atoms with Gasteiger partial charge < -0.3 is 24.6 Å². The summed E-state index contributed by atoms with van der Waals surface area (Å²) in [4.78, 5) is 8.99. The maximum absolute atomic E-state index is 5.89. The van der Waals surface area contributed by atoms with E-state index in [1.54, 1.807) is 0 Å². The van der Waals surface area contributed by atoms with Crippen molar-refractivity contribution in [1.29, 1.82) is 0 Å². The number of likely N-dealkylation sites (N-methyl/N-ethyl adjacent to an activating group) is 1. The van der Waals surface area contributed by atoms with Gasteiger partial charge in [0.25, 0.3) is 0 Å². The molecule has 6 nitrogen and oxygen atoms in total. The lowest BCUT2D eigenvalue weighted by atomic mass is 10.1. The highest BCUT2D eigenvalue weighted by molar-refractivity contribution is 14.0. The standard InChI is InChI=1S/C15H30N4O2.HI/c1-4-18(3)8-7-17-15(16-2)19-9-11-21-14(12-19)13-6-5-10-20-13;/h13-14H,4-12H2,1-3H3,(H,16,17);1H. The lowest BCUT2D eigenvalue weighted by Crippen LogP contribution is -2.53. The zero-order valence-electron chi connectivity index (χ0n) is 14.1. The molecule has 0 aliphatic carbocycles. The topological polar surface area (TPSA) is 49.3 Å². The summed E-state index contributed by atoms with van der Waals surface area (Å²) in [5.41, 5.74) is 0. The molecule has 1 N–H and O–H groups in total. The molecule has 2 aliphatic rings. The molecule has 0 bridgehead atoms. The Balaban J connectivity index is 0.00000242. The Morgan fingerprint density at radius 1 is 1.32 bits per heavy atom. The number of guanidine groups is 1. The van der Waals surface area contributed by atoms with Gasteiger partial charge in [0.15, 0.2) is 5.96 Å². The van der Waals surface area contributed by atoms with Crippen molar-refractivity contribution in [2.24, 2.45) is 4.99 Å². The van der Waals surface area contributed by atoms with Gasteiger partial charge in [0.05, 0.1) is 12.7 Å². The summed E-state index contributed by atoms with van der Waals surface area (Å²) in [7, 11) is 3.98. The molecule has 0 aromatic heterocycles. The molecule has 0 aromatic rings. The molecular formula is C15H31IN4O2. The molecule has 2 fully saturated rings. The Morgan fingerprint density at radius 3 is 2.73 bits per heavy atom. The van der Waals surface area contributed by atoms with Crippen molar-refractivity contribution in [3.63, 3.8) is 0 Å². The molecule has 0 saturated carbocycles. The van der Waals surface area contributed by atoms with Crippen LogP contribution in [0.2, 0.25) is 0 Å². The fourth-order valence-electron chi connectivity index (χ4n) is 2.84. The van der Waals surface area contributed by atoms with E-state index < -0.39 is 0 Å². The van der Waals surface area contributed by atoms with E-state index in [4.69, 9.17) is 9.47 Å². The molecule has 2 aliphatic heterocycles. The summed E-state index contributed by atoms with van der Waals surface area (Å²) < 4.78 is 11.7. The number of hydrogen-bond donors (Lipinski definition) is 1. The van der Waals surface area contributed by atoms with Crippen LogP contribution in [0.25, 0.3) is 0 Å². The average Bonchev–Trinajstić information content (AvgIpc) is 3.06. The quantitative estimate of drug-likeness (QED) is 0.404. The van der Waals surface area contributed by atoms with E-state index in [1.165, 1.54) is 0 Å². The number of aliphatic imine (C=N–C) groups is 1. The van der Waals surface area contributed by atoms with Crippen LogP contribution < -0.4 is 5.32 Å². The van der Waals surface area contributed by atoms with Gasteiger partial charge in [-0.15, -0.1) is 24.0 Å². The Morgan fingerprint density at radius 2 is 2.09 bits per heavy atom. The molecule has 22 heavy (non-hydrogen) atoms. The SMILES string of the molecule is CCN(C)CCNC(=NC)N1CCOC(C2CCCO2)C1.I. The number of ether oxygens (including phenoxy) is 2. The monoisotopic (exact) mass is 426 g/mol. The highest BCUT2D eigenvalue weighted by Gasteiger charge is 2.32. The summed E-state index contributed by atoms with van der Waals surface area (Å²) in [6.45, 7) is 8.57. The number of nitrogens with one attached hydrogen (secondary N) is 1. The first-order valence-corrected chi connectivity index (χ1v) is 8.12. The van der Waals surface area contributed by atoms with Crippen LogP contribution in [0, 0.1) is 0 Å². The van der Waals surface area contributed by atoms with Crippen LogP contribution in [0.5, 0.6) is 0 Å². The van der Waals surface area contributed by atoms with Crippen molar-refractivity contribution in [3.05, 3.63) is 0 Å². The van der Waals surface area contributed by atoms with Crippen LogP contribution in [-0.2, 0) is 9.47 Å². The third-order valence-electron chi connectivity index (χ3n) is 4.30. The highest BCUT2D eigenvalue weighted by Crippen LogP contribution is 2.20. The molecule has 0 amide bonds. The van der Waals surface area contributed by atoms with E-state index >= 15 is 0 Å². The zero-order valence-corrected chi connectivity index (χ0v) is 16.4. The van der Waals surface area contributed by atoms with E-state index in [2.05, 4.69) is 34.1 Å². The first-order chi connectivity index (χ1) is 10.2. The van der Waals surface area contributed by atoms with Crippen molar-refractivity contribution >= 4 is 29.9 Å². The largest absolute Gasteiger partial charge is 0.375 e. The highest BCUT2D eigenvalue weighted by atomic mass is 127. The minimum atomic E-state index is 0. The molecule has 0 aromatic carbocycles. The number of nitrogens with zero attached hydrogens (tertiary/aromatic N) is 3.